The van der Waals surface area contributed by atoms with E-state index in [4.69, 9.17) is 0 Å². The van der Waals surface area contributed by atoms with Crippen LogP contribution in [0.5, 0.6) is 0 Å². The van der Waals surface area contributed by atoms with Gasteiger partial charge in [0.15, 0.2) is 0 Å². The summed E-state index contributed by atoms with van der Waals surface area (Å²) in [5, 5.41) is 0. The summed E-state index contributed by atoms with van der Waals surface area (Å²) in [6, 6.07) is 0. The Morgan fingerprint density at radius 1 is 1.06 bits per heavy atom. The lowest BCUT2D eigenvalue weighted by Gasteiger charge is -2.27. The van der Waals surface area contributed by atoms with Gasteiger partial charge in [-0.15, -0.1) is 0 Å². The highest BCUT2D eigenvalue weighted by Gasteiger charge is 2.20. The van der Waals surface area contributed by atoms with Crippen LogP contribution in [0.1, 0.15) is 26.2 Å². The van der Waals surface area contributed by atoms with Gasteiger partial charge < -0.3 is 0 Å². The Bertz CT molecular complexity index is 504. The lowest BCUT2D eigenvalue weighted by atomic mass is 9.78. The molecule has 2 bridgehead atoms. The standard InChI is InChI=1S/C17H18/c1-13-10-15-7-6-14(12-15)4-2-3-5-16-8-9-17(16)11-13/h2-7,10-11,16H,8-9,12H2,1H3/b4-2+,5-3-,13-10-,17-11?/t16-/m0/s1. The number of allylic oxidation sites excluding steroid dienone is 12. The molecule has 86 valence electrons. The number of hydrogen-bond donors (Lipinski definition) is 0. The van der Waals surface area contributed by atoms with E-state index < -0.39 is 0 Å². The van der Waals surface area contributed by atoms with Crippen molar-refractivity contribution in [2.24, 2.45) is 5.92 Å². The van der Waals surface area contributed by atoms with Gasteiger partial charge in [0.1, 0.15) is 0 Å². The first-order valence-electron chi connectivity index (χ1n) is 6.44. The first kappa shape index (κ1) is 10.6. The molecule has 0 unspecified atom stereocenters. The second kappa shape index (κ2) is 4.37. The molecular weight excluding hydrogens is 204 g/mol. The van der Waals surface area contributed by atoms with Crippen molar-refractivity contribution in [3.8, 4) is 0 Å². The number of rotatable bonds is 0. The third-order valence-electron chi connectivity index (χ3n) is 3.73. The van der Waals surface area contributed by atoms with E-state index in [1.165, 1.54) is 29.6 Å². The van der Waals surface area contributed by atoms with Crippen molar-refractivity contribution in [2.45, 2.75) is 26.2 Å². The van der Waals surface area contributed by atoms with Gasteiger partial charge in [-0.2, -0.15) is 0 Å². The zero-order valence-electron chi connectivity index (χ0n) is 10.3. The van der Waals surface area contributed by atoms with E-state index in [0.29, 0.717) is 5.92 Å². The Kier molecular flexibility index (Phi) is 2.72. The van der Waals surface area contributed by atoms with Crippen molar-refractivity contribution in [2.75, 3.05) is 0 Å². The molecule has 0 aromatic carbocycles. The van der Waals surface area contributed by atoms with Gasteiger partial charge in [0, 0.05) is 0 Å². The molecule has 3 aliphatic rings. The summed E-state index contributed by atoms with van der Waals surface area (Å²) in [5.74, 6) is 0.683. The lowest BCUT2D eigenvalue weighted by Crippen LogP contribution is -2.12. The molecule has 1 fully saturated rings. The Labute approximate surface area is 103 Å². The molecule has 0 aliphatic heterocycles. The van der Waals surface area contributed by atoms with Gasteiger partial charge in [-0.05, 0) is 43.3 Å². The summed E-state index contributed by atoms with van der Waals surface area (Å²) < 4.78 is 0. The average Bonchev–Trinajstić information content (AvgIpc) is 2.71. The predicted molar refractivity (Wildman–Crippen MR) is 73.6 cm³/mol. The van der Waals surface area contributed by atoms with Gasteiger partial charge in [-0.25, -0.2) is 0 Å². The van der Waals surface area contributed by atoms with Crippen LogP contribution in [-0.4, -0.2) is 0 Å². The van der Waals surface area contributed by atoms with E-state index in [9.17, 15) is 0 Å². The van der Waals surface area contributed by atoms with E-state index in [1.807, 2.05) is 0 Å². The van der Waals surface area contributed by atoms with Crippen molar-refractivity contribution in [1.29, 1.82) is 0 Å². The summed E-state index contributed by atoms with van der Waals surface area (Å²) in [6.45, 7) is 2.21. The smallest absolute Gasteiger partial charge is 0.00139 e. The number of fused-ring (bicyclic) bond motifs is 3. The van der Waals surface area contributed by atoms with Crippen molar-refractivity contribution in [3.05, 3.63) is 70.9 Å². The van der Waals surface area contributed by atoms with E-state index in [1.54, 1.807) is 5.57 Å². The second-order valence-corrected chi connectivity index (χ2v) is 5.16. The highest BCUT2D eigenvalue weighted by molar-refractivity contribution is 5.45. The molecule has 0 nitrogen and oxygen atoms in total. The molecule has 0 radical (unpaired) electrons. The molecule has 17 heavy (non-hydrogen) atoms. The first-order chi connectivity index (χ1) is 8.31. The van der Waals surface area contributed by atoms with Crippen molar-refractivity contribution >= 4 is 0 Å². The molecule has 0 amide bonds. The topological polar surface area (TPSA) is 0 Å². The summed E-state index contributed by atoms with van der Waals surface area (Å²) >= 11 is 0. The van der Waals surface area contributed by atoms with Gasteiger partial charge in [0.2, 0.25) is 0 Å². The average molecular weight is 222 g/mol. The van der Waals surface area contributed by atoms with Crippen LogP contribution in [0.3, 0.4) is 0 Å². The molecule has 0 aromatic heterocycles. The molecule has 0 aromatic rings. The molecule has 3 aliphatic carbocycles. The fraction of sp³-hybridized carbons (Fsp3) is 0.294. The van der Waals surface area contributed by atoms with Gasteiger partial charge in [0.05, 0.1) is 0 Å². The monoisotopic (exact) mass is 222 g/mol. The number of hydrogen-bond acceptors (Lipinski definition) is 0. The van der Waals surface area contributed by atoms with Crippen molar-refractivity contribution in [3.63, 3.8) is 0 Å². The Hall–Kier alpha value is -1.56. The Morgan fingerprint density at radius 3 is 2.76 bits per heavy atom. The molecule has 3 rings (SSSR count). The minimum atomic E-state index is 0.683. The predicted octanol–water partition coefficient (Wildman–Crippen LogP) is 4.65. The minimum absolute atomic E-state index is 0.683. The summed E-state index contributed by atoms with van der Waals surface area (Å²) in [6.07, 6.45) is 21.8. The van der Waals surface area contributed by atoms with E-state index in [0.717, 1.165) is 6.42 Å². The fourth-order valence-electron chi connectivity index (χ4n) is 2.66. The first-order valence-corrected chi connectivity index (χ1v) is 6.44. The van der Waals surface area contributed by atoms with Crippen molar-refractivity contribution in [1.82, 2.24) is 0 Å². The van der Waals surface area contributed by atoms with E-state index in [2.05, 4.69) is 55.5 Å². The maximum atomic E-state index is 2.38. The van der Waals surface area contributed by atoms with Crippen molar-refractivity contribution < 1.29 is 0 Å². The maximum Gasteiger partial charge on any atom is -0.00139 e. The van der Waals surface area contributed by atoms with E-state index >= 15 is 0 Å². The molecule has 0 saturated heterocycles. The molecule has 1 saturated carbocycles. The summed E-state index contributed by atoms with van der Waals surface area (Å²) in [5.41, 5.74) is 5.82. The van der Waals surface area contributed by atoms with Gasteiger partial charge in [0.25, 0.3) is 0 Å². The largest absolute Gasteiger partial charge is 0.0773 e. The van der Waals surface area contributed by atoms with E-state index in [-0.39, 0.29) is 0 Å². The zero-order valence-corrected chi connectivity index (χ0v) is 10.3. The van der Waals surface area contributed by atoms with Crippen LogP contribution in [0.4, 0.5) is 0 Å². The normalized spacial score (nSPS) is 33.6. The highest BCUT2D eigenvalue weighted by Crippen LogP contribution is 2.36. The molecule has 1 atom stereocenters. The van der Waals surface area contributed by atoms with Gasteiger partial charge >= 0.3 is 0 Å². The third-order valence-corrected chi connectivity index (χ3v) is 3.73. The SMILES string of the molecule is C/C1=C/C2=CC=C(/C=C/C=C\[C@H]3CCC3=C1)C2. The van der Waals surface area contributed by atoms with Crippen LogP contribution < -0.4 is 0 Å². The van der Waals surface area contributed by atoms with Crippen LogP contribution in [0.25, 0.3) is 0 Å². The molecule has 0 heterocycles. The quantitative estimate of drug-likeness (QED) is 0.559. The zero-order chi connectivity index (χ0) is 11.7. The maximum absolute atomic E-state index is 2.38. The van der Waals surface area contributed by atoms with Gasteiger partial charge in [-0.3, -0.25) is 0 Å². The molecule has 0 spiro atoms. The molecule has 0 heteroatoms. The summed E-state index contributed by atoms with van der Waals surface area (Å²) in [7, 11) is 0. The summed E-state index contributed by atoms with van der Waals surface area (Å²) in [4.78, 5) is 0. The third kappa shape index (κ3) is 2.26. The minimum Gasteiger partial charge on any atom is -0.0773 e. The van der Waals surface area contributed by atoms with Gasteiger partial charge in [-0.1, -0.05) is 59.8 Å². The van der Waals surface area contributed by atoms with Crippen LogP contribution in [0, 0.1) is 5.92 Å². The molecule has 0 N–H and O–H groups in total. The second-order valence-electron chi connectivity index (χ2n) is 5.16. The van der Waals surface area contributed by atoms with Crippen LogP contribution >= 0.6 is 0 Å². The lowest BCUT2D eigenvalue weighted by molar-refractivity contribution is 0.532. The van der Waals surface area contributed by atoms with Crippen LogP contribution in [0.15, 0.2) is 70.9 Å². The highest BCUT2D eigenvalue weighted by atomic mass is 14.3. The fourth-order valence-corrected chi connectivity index (χ4v) is 2.66. The Morgan fingerprint density at radius 2 is 1.94 bits per heavy atom. The molecular formula is C17H18. The van der Waals surface area contributed by atoms with Crippen LogP contribution in [0.2, 0.25) is 0 Å². The Balaban J connectivity index is 1.93. The van der Waals surface area contributed by atoms with Crippen LogP contribution in [-0.2, 0) is 0 Å².